The van der Waals surface area contributed by atoms with Gasteiger partial charge in [-0.15, -0.1) is 0 Å². The first-order chi connectivity index (χ1) is 36.5. The molecule has 0 bridgehead atoms. The second-order valence-corrected chi connectivity index (χ2v) is 25.9. The zero-order chi connectivity index (χ0) is 52.2. The van der Waals surface area contributed by atoms with Crippen molar-refractivity contribution in [2.45, 2.75) is 115 Å². The summed E-state index contributed by atoms with van der Waals surface area (Å²) in [5.41, 5.74) is 22.2. The van der Waals surface area contributed by atoms with Crippen LogP contribution < -0.4 is 21.3 Å². The quantitative estimate of drug-likeness (QED) is 0.155. The van der Waals surface area contributed by atoms with Gasteiger partial charge in [0.1, 0.15) is 11.2 Å². The summed E-state index contributed by atoms with van der Waals surface area (Å²) < 4.78 is 11.7. The third-order valence-electron chi connectivity index (χ3n) is 16.9. The SMILES string of the molecule is CCCCc1c(N2c3cc(-n4c5ccccc5c5cc(C(C)(C)C)ccc54)ccc3B3c4ccc(-n5c6ccccc6c6cc(C(C)(C)C)ccc65)cc4Sc4cc(C(C)(C)C)cc2c43)ccc2oc3ccccc3c12. The molecule has 5 heterocycles. The van der Waals surface area contributed by atoms with Gasteiger partial charge in [0.2, 0.25) is 6.71 Å². The molecule has 0 fully saturated rings. The van der Waals surface area contributed by atoms with E-state index < -0.39 is 0 Å². The van der Waals surface area contributed by atoms with E-state index in [1.807, 2.05) is 11.8 Å². The Balaban J connectivity index is 1.05. The van der Waals surface area contributed by atoms with Gasteiger partial charge in [-0.3, -0.25) is 0 Å². The molecular formula is C70H64BN3OS. The molecule has 0 saturated carbocycles. The molecule has 0 aliphatic carbocycles. The molecule has 2 aliphatic rings. The molecule has 0 saturated heterocycles. The van der Waals surface area contributed by atoms with Gasteiger partial charge in [-0.1, -0.05) is 172 Å². The number of fused-ring (bicyclic) bond motifs is 13. The van der Waals surface area contributed by atoms with Gasteiger partial charge < -0.3 is 18.5 Å². The fourth-order valence-electron chi connectivity index (χ4n) is 12.8. The fraction of sp³-hybridized carbons (Fsp3) is 0.229. The Morgan fingerprint density at radius 2 is 1.01 bits per heavy atom. The van der Waals surface area contributed by atoms with Crippen LogP contribution in [-0.2, 0) is 22.7 Å². The van der Waals surface area contributed by atoms with Crippen molar-refractivity contribution in [3.8, 4) is 11.4 Å². The van der Waals surface area contributed by atoms with E-state index in [1.165, 1.54) is 126 Å². The lowest BCUT2D eigenvalue weighted by Crippen LogP contribution is -2.60. The Morgan fingerprint density at radius 1 is 0.447 bits per heavy atom. The topological polar surface area (TPSA) is 26.2 Å². The molecule has 3 aromatic heterocycles. The van der Waals surface area contributed by atoms with Crippen molar-refractivity contribution in [1.29, 1.82) is 0 Å². The largest absolute Gasteiger partial charge is 0.456 e. The maximum atomic E-state index is 6.67. The lowest BCUT2D eigenvalue weighted by Gasteiger charge is -2.42. The molecule has 2 aliphatic heterocycles. The summed E-state index contributed by atoms with van der Waals surface area (Å²) in [6.45, 7) is 23.3. The number of hydrogen-bond donors (Lipinski definition) is 0. The molecule has 9 aromatic carbocycles. The molecule has 0 radical (unpaired) electrons. The minimum Gasteiger partial charge on any atom is -0.456 e. The average molecular weight is 1010 g/mol. The van der Waals surface area contributed by atoms with E-state index in [9.17, 15) is 0 Å². The van der Waals surface area contributed by atoms with Gasteiger partial charge in [-0.2, -0.15) is 0 Å². The Kier molecular flexibility index (Phi) is 10.4. The van der Waals surface area contributed by atoms with Gasteiger partial charge in [-0.05, 0) is 153 Å². The molecule has 14 rings (SSSR count). The highest BCUT2D eigenvalue weighted by molar-refractivity contribution is 8.00. The lowest BCUT2D eigenvalue weighted by molar-refractivity contribution is 0.589. The van der Waals surface area contributed by atoms with E-state index in [2.05, 4.69) is 253 Å². The minimum atomic E-state index is -0.114. The van der Waals surface area contributed by atoms with E-state index in [0.717, 1.165) is 36.1 Å². The van der Waals surface area contributed by atoms with Crippen molar-refractivity contribution in [1.82, 2.24) is 9.13 Å². The van der Waals surface area contributed by atoms with Crippen LogP contribution in [0.2, 0.25) is 0 Å². The van der Waals surface area contributed by atoms with Crippen LogP contribution in [0.3, 0.4) is 0 Å². The molecule has 76 heavy (non-hydrogen) atoms. The van der Waals surface area contributed by atoms with E-state index >= 15 is 0 Å². The maximum Gasteiger partial charge on any atom is 0.249 e. The van der Waals surface area contributed by atoms with Crippen LogP contribution in [0.5, 0.6) is 0 Å². The van der Waals surface area contributed by atoms with Crippen LogP contribution in [0.15, 0.2) is 184 Å². The summed E-state index contributed by atoms with van der Waals surface area (Å²) in [6.07, 6.45) is 3.10. The third kappa shape index (κ3) is 7.12. The van der Waals surface area contributed by atoms with Crippen molar-refractivity contribution in [2.75, 3.05) is 4.90 Å². The second kappa shape index (κ2) is 16.8. The van der Waals surface area contributed by atoms with Crippen LogP contribution >= 0.6 is 11.8 Å². The third-order valence-corrected chi connectivity index (χ3v) is 18.0. The van der Waals surface area contributed by atoms with Crippen LogP contribution in [0.4, 0.5) is 17.1 Å². The number of furan rings is 1. The highest BCUT2D eigenvalue weighted by atomic mass is 32.2. The highest BCUT2D eigenvalue weighted by Gasteiger charge is 2.43. The minimum absolute atomic E-state index is 0.00202. The van der Waals surface area contributed by atoms with Gasteiger partial charge in [-0.25, -0.2) is 0 Å². The lowest BCUT2D eigenvalue weighted by atomic mass is 9.34. The number of unbranched alkanes of at least 4 members (excludes halogenated alkanes) is 1. The molecular weight excluding hydrogens is 942 g/mol. The van der Waals surface area contributed by atoms with Crippen molar-refractivity contribution < 1.29 is 4.42 Å². The first-order valence-electron chi connectivity index (χ1n) is 27.5. The molecule has 12 aromatic rings. The molecule has 0 unspecified atom stereocenters. The number of anilines is 3. The summed E-state index contributed by atoms with van der Waals surface area (Å²) in [7, 11) is 0. The van der Waals surface area contributed by atoms with Crippen molar-refractivity contribution >= 4 is 117 Å². The summed E-state index contributed by atoms with van der Waals surface area (Å²) in [5.74, 6) is 0. The highest BCUT2D eigenvalue weighted by Crippen LogP contribution is 2.49. The zero-order valence-corrected chi connectivity index (χ0v) is 46.3. The predicted octanol–water partition coefficient (Wildman–Crippen LogP) is 17.8. The van der Waals surface area contributed by atoms with E-state index in [-0.39, 0.29) is 23.0 Å². The first-order valence-corrected chi connectivity index (χ1v) is 28.3. The number of rotatable bonds is 6. The van der Waals surface area contributed by atoms with Crippen LogP contribution in [0.1, 0.15) is 104 Å². The standard InChI is InChI=1S/C70H64BN3OS/c1-11-12-19-49-57(34-35-63-66(49)50-22-15-18-25-62(50)75-63)74-60-40-45(72-55-23-16-13-20-47(55)51-36-42(68(2,3)4)26-32-58(51)72)28-30-53(60)71-54-31-29-46(41-64(54)76-65-39-44(70(8,9)10)38-61(74)67(65)71)73-56-24-17-14-21-48(56)52-37-43(69(5,6)7)27-33-59(52)73/h13-18,20-41H,11-12,19H2,1-10H3. The summed E-state index contributed by atoms with van der Waals surface area (Å²) in [6, 6.07) is 65.2. The number of aryl methyl sites for hydroxylation is 1. The van der Waals surface area contributed by atoms with Crippen molar-refractivity contribution in [2.24, 2.45) is 0 Å². The van der Waals surface area contributed by atoms with Crippen LogP contribution in [0.25, 0.3) is 76.9 Å². The molecule has 0 atom stereocenters. The summed E-state index contributed by atoms with van der Waals surface area (Å²) in [4.78, 5) is 5.31. The van der Waals surface area contributed by atoms with Gasteiger partial charge >= 0.3 is 0 Å². The molecule has 6 heteroatoms. The average Bonchev–Trinajstić information content (AvgIpc) is 4.07. The van der Waals surface area contributed by atoms with E-state index in [4.69, 9.17) is 4.42 Å². The molecule has 374 valence electrons. The van der Waals surface area contributed by atoms with Gasteiger partial charge in [0.25, 0.3) is 0 Å². The van der Waals surface area contributed by atoms with Gasteiger partial charge in [0.05, 0.1) is 27.8 Å². The Bertz CT molecular complexity index is 4390. The van der Waals surface area contributed by atoms with Gasteiger partial charge in [0.15, 0.2) is 0 Å². The summed E-state index contributed by atoms with van der Waals surface area (Å²) >= 11 is 1.95. The predicted molar refractivity (Wildman–Crippen MR) is 327 cm³/mol. The van der Waals surface area contributed by atoms with E-state index in [0.29, 0.717) is 0 Å². The number of benzene rings is 9. The summed E-state index contributed by atoms with van der Waals surface area (Å²) in [5, 5.41) is 7.55. The zero-order valence-electron chi connectivity index (χ0n) is 45.5. The van der Waals surface area contributed by atoms with Crippen molar-refractivity contribution in [3.63, 3.8) is 0 Å². The normalized spacial score (nSPS) is 13.7. The molecule has 0 spiro atoms. The van der Waals surface area contributed by atoms with E-state index in [1.54, 1.807) is 0 Å². The number of para-hydroxylation sites is 3. The number of nitrogens with zero attached hydrogens (tertiary/aromatic N) is 3. The first kappa shape index (κ1) is 47.1. The van der Waals surface area contributed by atoms with Gasteiger partial charge in [0, 0.05) is 64.9 Å². The fourth-order valence-corrected chi connectivity index (χ4v) is 14.1. The molecule has 0 N–H and O–H groups in total. The Labute approximate surface area is 451 Å². The number of aromatic nitrogens is 2. The monoisotopic (exact) mass is 1010 g/mol. The Morgan fingerprint density at radius 3 is 1.63 bits per heavy atom. The molecule has 0 amide bonds. The molecule has 4 nitrogen and oxygen atoms in total. The second-order valence-electron chi connectivity index (χ2n) is 24.8. The maximum absolute atomic E-state index is 6.67. The smallest absolute Gasteiger partial charge is 0.249 e. The van der Waals surface area contributed by atoms with Crippen LogP contribution in [-0.4, -0.2) is 15.8 Å². The van der Waals surface area contributed by atoms with Crippen LogP contribution in [0, 0.1) is 0 Å². The Hall–Kier alpha value is -7.41. The number of hydrogen-bond acceptors (Lipinski definition) is 3. The van der Waals surface area contributed by atoms with Crippen molar-refractivity contribution in [3.05, 3.63) is 192 Å².